The van der Waals surface area contributed by atoms with Crippen LogP contribution in [0.25, 0.3) is 11.3 Å². The zero-order chi connectivity index (χ0) is 29.8. The first-order chi connectivity index (χ1) is 21.0. The molecule has 1 saturated heterocycles. The fourth-order valence-electron chi connectivity index (χ4n) is 4.90. The Kier molecular flexibility index (Phi) is 7.79. The van der Waals surface area contributed by atoms with Crippen molar-refractivity contribution in [3.63, 3.8) is 0 Å². The molecule has 1 fully saturated rings. The summed E-state index contributed by atoms with van der Waals surface area (Å²) in [5.41, 5.74) is 2.90. The largest absolute Gasteiger partial charge is 0.484 e. The van der Waals surface area contributed by atoms with Crippen molar-refractivity contribution in [3.8, 4) is 17.1 Å². The third-order valence-electron chi connectivity index (χ3n) is 6.92. The molecule has 0 radical (unpaired) electrons. The molecular formula is C32H25N5O5S. The van der Waals surface area contributed by atoms with Gasteiger partial charge < -0.3 is 24.7 Å². The maximum absolute atomic E-state index is 12.5. The average Bonchev–Trinajstić information content (AvgIpc) is 3.66. The number of anilines is 2. The molecule has 1 aliphatic heterocycles. The Balaban J connectivity index is 1.25. The van der Waals surface area contributed by atoms with Crippen LogP contribution in [0.1, 0.15) is 23.5 Å². The van der Waals surface area contributed by atoms with Crippen LogP contribution in [0.15, 0.2) is 120 Å². The number of aromatic nitrogens is 1. The van der Waals surface area contributed by atoms with E-state index in [-0.39, 0.29) is 24.2 Å². The molecule has 11 heteroatoms. The topological polar surface area (TPSA) is 123 Å². The summed E-state index contributed by atoms with van der Waals surface area (Å²) in [5, 5.41) is 17.8. The van der Waals surface area contributed by atoms with E-state index in [0.29, 0.717) is 33.6 Å². The first-order valence-electron chi connectivity index (χ1n) is 13.4. The summed E-state index contributed by atoms with van der Waals surface area (Å²) in [7, 11) is 0. The van der Waals surface area contributed by atoms with Crippen molar-refractivity contribution in [1.29, 1.82) is 0 Å². The van der Waals surface area contributed by atoms with E-state index < -0.39 is 11.0 Å². The number of non-ortho nitro benzene ring substituents is 1. The van der Waals surface area contributed by atoms with Crippen molar-refractivity contribution in [3.05, 3.63) is 137 Å². The fraction of sp³-hybridized carbons (Fsp3) is 0.0938. The minimum atomic E-state index is -0.437. The standard InChI is InChI=1S/C32H25N5O5S/c38-29(20-41-25-6-2-1-3-7-25)34-22-11-15-23(16-12-22)36-31(30(35-32(36)43)26-8-4-5-19-33-26)28-18-17-27(42-28)21-9-13-24(14-10-21)37(39)40/h1-19,30-31H,20H2,(H,34,38)(H,35,43)/t30-,31+/m0/s1. The van der Waals surface area contributed by atoms with Crippen LogP contribution in [-0.4, -0.2) is 27.5 Å². The maximum atomic E-state index is 12.5. The third kappa shape index (κ3) is 6.07. The van der Waals surface area contributed by atoms with E-state index in [1.807, 2.05) is 65.6 Å². The van der Waals surface area contributed by atoms with Crippen molar-refractivity contribution in [2.24, 2.45) is 0 Å². The summed E-state index contributed by atoms with van der Waals surface area (Å²) in [5.74, 6) is 1.54. The van der Waals surface area contributed by atoms with Crippen LogP contribution in [0.4, 0.5) is 17.1 Å². The van der Waals surface area contributed by atoms with E-state index in [4.69, 9.17) is 21.4 Å². The van der Waals surface area contributed by atoms with Crippen LogP contribution < -0.4 is 20.3 Å². The summed E-state index contributed by atoms with van der Waals surface area (Å²) < 4.78 is 11.9. The number of carbonyl (C=O) groups is 1. The first kappa shape index (κ1) is 27.6. The van der Waals surface area contributed by atoms with Crippen LogP contribution >= 0.6 is 12.2 Å². The highest BCUT2D eigenvalue weighted by Crippen LogP contribution is 2.43. The number of benzene rings is 3. The quantitative estimate of drug-likeness (QED) is 0.113. The number of para-hydroxylation sites is 1. The Morgan fingerprint density at radius 3 is 2.42 bits per heavy atom. The Bertz CT molecular complexity index is 1740. The number of pyridine rings is 1. The van der Waals surface area contributed by atoms with Gasteiger partial charge in [0.25, 0.3) is 11.6 Å². The van der Waals surface area contributed by atoms with Crippen molar-refractivity contribution >= 4 is 40.3 Å². The monoisotopic (exact) mass is 591 g/mol. The molecule has 1 aliphatic rings. The number of nitrogens with zero attached hydrogens (tertiary/aromatic N) is 3. The van der Waals surface area contributed by atoms with Gasteiger partial charge in [0.05, 0.1) is 16.7 Å². The maximum Gasteiger partial charge on any atom is 0.269 e. The predicted molar refractivity (Wildman–Crippen MR) is 166 cm³/mol. The fourth-order valence-corrected chi connectivity index (χ4v) is 5.25. The van der Waals surface area contributed by atoms with Crippen LogP contribution in [-0.2, 0) is 4.79 Å². The lowest BCUT2D eigenvalue weighted by atomic mass is 10.0. The van der Waals surface area contributed by atoms with Gasteiger partial charge in [0.2, 0.25) is 0 Å². The summed E-state index contributed by atoms with van der Waals surface area (Å²) in [6, 6.07) is 31.4. The molecule has 3 aromatic carbocycles. The number of hydrogen-bond donors (Lipinski definition) is 2. The summed E-state index contributed by atoms with van der Waals surface area (Å²) in [6.07, 6.45) is 1.73. The molecular weight excluding hydrogens is 566 g/mol. The van der Waals surface area contributed by atoms with Gasteiger partial charge in [0.15, 0.2) is 11.7 Å². The Hall–Kier alpha value is -5.55. The molecule has 10 nitrogen and oxygen atoms in total. The number of thiocarbonyl (C=S) groups is 1. The SMILES string of the molecule is O=C(COc1ccccc1)Nc1ccc(N2C(=S)N[C@@H](c3ccccn3)[C@H]2c2ccc(-c3ccc([N+](=O)[O-])cc3)o2)cc1. The zero-order valence-electron chi connectivity index (χ0n) is 22.6. The van der Waals surface area contributed by atoms with Crippen LogP contribution in [0, 0.1) is 10.1 Å². The van der Waals surface area contributed by atoms with Crippen LogP contribution in [0.5, 0.6) is 5.75 Å². The number of hydrogen-bond acceptors (Lipinski definition) is 7. The van der Waals surface area contributed by atoms with Crippen LogP contribution in [0.3, 0.4) is 0 Å². The van der Waals surface area contributed by atoms with Gasteiger partial charge in [-0.3, -0.25) is 19.9 Å². The smallest absolute Gasteiger partial charge is 0.269 e. The van der Waals surface area contributed by atoms with E-state index in [9.17, 15) is 14.9 Å². The van der Waals surface area contributed by atoms with Gasteiger partial charge in [0, 0.05) is 35.3 Å². The van der Waals surface area contributed by atoms with Crippen molar-refractivity contribution in [2.75, 3.05) is 16.8 Å². The number of ether oxygens (including phenoxy) is 1. The molecule has 2 N–H and O–H groups in total. The summed E-state index contributed by atoms with van der Waals surface area (Å²) >= 11 is 5.79. The number of amides is 1. The molecule has 214 valence electrons. The molecule has 2 aromatic heterocycles. The lowest BCUT2D eigenvalue weighted by Crippen LogP contribution is -2.29. The molecule has 0 saturated carbocycles. The van der Waals surface area contributed by atoms with Gasteiger partial charge in [-0.2, -0.15) is 0 Å². The normalized spacial score (nSPS) is 16.0. The molecule has 2 atom stereocenters. The van der Waals surface area contributed by atoms with Crippen LogP contribution in [0.2, 0.25) is 0 Å². The molecule has 6 rings (SSSR count). The zero-order valence-corrected chi connectivity index (χ0v) is 23.4. The minimum absolute atomic E-state index is 0.00520. The number of nitro benzene ring substituents is 1. The number of nitrogens with one attached hydrogen (secondary N) is 2. The Morgan fingerprint density at radius 1 is 0.977 bits per heavy atom. The van der Waals surface area contributed by atoms with Gasteiger partial charge in [-0.15, -0.1) is 0 Å². The minimum Gasteiger partial charge on any atom is -0.484 e. The molecule has 0 spiro atoms. The highest BCUT2D eigenvalue weighted by atomic mass is 32.1. The average molecular weight is 592 g/mol. The van der Waals surface area contributed by atoms with E-state index in [0.717, 1.165) is 11.4 Å². The van der Waals surface area contributed by atoms with E-state index in [1.165, 1.54) is 12.1 Å². The van der Waals surface area contributed by atoms with Gasteiger partial charge in [-0.25, -0.2) is 0 Å². The number of rotatable bonds is 9. The van der Waals surface area contributed by atoms with Crippen molar-refractivity contribution in [1.82, 2.24) is 10.3 Å². The van der Waals surface area contributed by atoms with E-state index >= 15 is 0 Å². The molecule has 0 unspecified atom stereocenters. The van der Waals surface area contributed by atoms with Crippen molar-refractivity contribution in [2.45, 2.75) is 12.1 Å². The second kappa shape index (κ2) is 12.1. The van der Waals surface area contributed by atoms with Gasteiger partial charge in [-0.1, -0.05) is 24.3 Å². The van der Waals surface area contributed by atoms with Gasteiger partial charge in [-0.05, 0) is 85.0 Å². The Labute approximate surface area is 252 Å². The molecule has 43 heavy (non-hydrogen) atoms. The molecule has 0 bridgehead atoms. The van der Waals surface area contributed by atoms with Gasteiger partial charge >= 0.3 is 0 Å². The third-order valence-corrected chi connectivity index (χ3v) is 7.24. The molecule has 5 aromatic rings. The van der Waals surface area contributed by atoms with Gasteiger partial charge in [0.1, 0.15) is 23.3 Å². The Morgan fingerprint density at radius 2 is 1.72 bits per heavy atom. The number of furan rings is 1. The second-order valence-corrected chi connectivity index (χ2v) is 10.1. The highest BCUT2D eigenvalue weighted by molar-refractivity contribution is 7.80. The first-order valence-corrected chi connectivity index (χ1v) is 13.8. The van der Waals surface area contributed by atoms with E-state index in [1.54, 1.807) is 42.6 Å². The molecule has 1 amide bonds. The summed E-state index contributed by atoms with van der Waals surface area (Å²) in [6.45, 7) is -0.116. The molecule has 3 heterocycles. The number of carbonyl (C=O) groups excluding carboxylic acids is 1. The predicted octanol–water partition coefficient (Wildman–Crippen LogP) is 6.44. The lowest BCUT2D eigenvalue weighted by molar-refractivity contribution is -0.384. The highest BCUT2D eigenvalue weighted by Gasteiger charge is 2.42. The van der Waals surface area contributed by atoms with Crippen molar-refractivity contribution < 1.29 is 18.9 Å². The lowest BCUT2D eigenvalue weighted by Gasteiger charge is -2.26. The van der Waals surface area contributed by atoms with E-state index in [2.05, 4.69) is 15.6 Å². The molecule has 0 aliphatic carbocycles. The number of nitro groups is 1. The second-order valence-electron chi connectivity index (χ2n) is 9.70. The summed E-state index contributed by atoms with van der Waals surface area (Å²) in [4.78, 5) is 29.6.